The molecule has 1 aliphatic rings. The SMILES string of the molecule is CC1(CN=C=O)CCCC(C)(N=C=O)C1. The molecule has 0 radical (unpaired) electrons. The molecule has 1 fully saturated rings. The van der Waals surface area contributed by atoms with Crippen LogP contribution in [0.25, 0.3) is 0 Å². The zero-order valence-electron chi connectivity index (χ0n) is 9.25. The van der Waals surface area contributed by atoms with Gasteiger partial charge in [-0.15, -0.1) is 0 Å². The molecule has 0 bridgehead atoms. The smallest absolute Gasteiger partial charge is 0.211 e. The second-order valence-corrected chi connectivity index (χ2v) is 4.95. The molecule has 0 heterocycles. The van der Waals surface area contributed by atoms with Gasteiger partial charge in [0.15, 0.2) is 0 Å². The van der Waals surface area contributed by atoms with Crippen LogP contribution in [0.5, 0.6) is 0 Å². The summed E-state index contributed by atoms with van der Waals surface area (Å²) in [6.07, 6.45) is 6.91. The van der Waals surface area contributed by atoms with Gasteiger partial charge in [0.25, 0.3) is 0 Å². The van der Waals surface area contributed by atoms with Crippen LogP contribution in [0.2, 0.25) is 0 Å². The fourth-order valence-electron chi connectivity index (χ4n) is 2.56. The number of nitrogens with zero attached hydrogens (tertiary/aromatic N) is 2. The molecular weight excluding hydrogens is 192 g/mol. The van der Waals surface area contributed by atoms with Crippen molar-refractivity contribution < 1.29 is 9.59 Å². The van der Waals surface area contributed by atoms with Gasteiger partial charge < -0.3 is 0 Å². The molecule has 4 nitrogen and oxygen atoms in total. The van der Waals surface area contributed by atoms with E-state index in [2.05, 4.69) is 16.9 Å². The Morgan fingerprint density at radius 1 is 1.20 bits per heavy atom. The van der Waals surface area contributed by atoms with Crippen molar-refractivity contribution in [2.75, 3.05) is 6.54 Å². The van der Waals surface area contributed by atoms with Crippen LogP contribution in [-0.4, -0.2) is 24.2 Å². The first-order chi connectivity index (χ1) is 7.04. The number of isocyanates is 2. The number of hydrogen-bond acceptors (Lipinski definition) is 4. The first-order valence-corrected chi connectivity index (χ1v) is 5.16. The number of hydrogen-bond donors (Lipinski definition) is 0. The summed E-state index contributed by atoms with van der Waals surface area (Å²) in [5, 5.41) is 0. The summed E-state index contributed by atoms with van der Waals surface area (Å²) in [6.45, 7) is 4.51. The van der Waals surface area contributed by atoms with Crippen molar-refractivity contribution in [2.24, 2.45) is 15.4 Å². The third kappa shape index (κ3) is 3.12. The maximum absolute atomic E-state index is 10.3. The highest BCUT2D eigenvalue weighted by atomic mass is 16.1. The predicted octanol–water partition coefficient (Wildman–Crippen LogP) is 2.00. The Morgan fingerprint density at radius 3 is 2.53 bits per heavy atom. The van der Waals surface area contributed by atoms with Gasteiger partial charge in [-0.2, -0.15) is 4.99 Å². The Balaban J connectivity index is 2.77. The van der Waals surface area contributed by atoms with E-state index in [1.807, 2.05) is 6.92 Å². The molecule has 1 aliphatic carbocycles. The lowest BCUT2D eigenvalue weighted by molar-refractivity contribution is 0.154. The van der Waals surface area contributed by atoms with Crippen molar-refractivity contribution in [3.05, 3.63) is 0 Å². The summed E-state index contributed by atoms with van der Waals surface area (Å²) >= 11 is 0. The molecule has 0 amide bonds. The summed E-state index contributed by atoms with van der Waals surface area (Å²) in [5.74, 6) is 0. The first kappa shape index (κ1) is 11.8. The van der Waals surface area contributed by atoms with Crippen molar-refractivity contribution in [2.45, 2.75) is 45.1 Å². The van der Waals surface area contributed by atoms with Gasteiger partial charge in [0.1, 0.15) is 0 Å². The van der Waals surface area contributed by atoms with Crippen molar-refractivity contribution in [3.63, 3.8) is 0 Å². The van der Waals surface area contributed by atoms with E-state index >= 15 is 0 Å². The molecule has 2 unspecified atom stereocenters. The van der Waals surface area contributed by atoms with Gasteiger partial charge in [0.05, 0.1) is 12.1 Å². The Kier molecular flexibility index (Phi) is 3.57. The zero-order chi connectivity index (χ0) is 11.4. The lowest BCUT2D eigenvalue weighted by Crippen LogP contribution is -2.38. The van der Waals surface area contributed by atoms with Crippen LogP contribution in [0.1, 0.15) is 39.5 Å². The molecule has 0 aliphatic heterocycles. The highest BCUT2D eigenvalue weighted by Crippen LogP contribution is 2.43. The monoisotopic (exact) mass is 208 g/mol. The molecule has 15 heavy (non-hydrogen) atoms. The van der Waals surface area contributed by atoms with Gasteiger partial charge in [0, 0.05) is 0 Å². The van der Waals surface area contributed by atoms with E-state index in [-0.39, 0.29) is 11.0 Å². The van der Waals surface area contributed by atoms with Crippen LogP contribution in [0.3, 0.4) is 0 Å². The van der Waals surface area contributed by atoms with E-state index in [9.17, 15) is 9.59 Å². The van der Waals surface area contributed by atoms with E-state index in [1.165, 1.54) is 0 Å². The van der Waals surface area contributed by atoms with Crippen LogP contribution in [0, 0.1) is 5.41 Å². The molecule has 4 heteroatoms. The van der Waals surface area contributed by atoms with Gasteiger partial charge in [0.2, 0.25) is 12.2 Å². The lowest BCUT2D eigenvalue weighted by atomic mass is 9.68. The summed E-state index contributed by atoms with van der Waals surface area (Å²) in [7, 11) is 0. The fraction of sp³-hybridized carbons (Fsp3) is 0.818. The van der Waals surface area contributed by atoms with E-state index in [4.69, 9.17) is 0 Å². The molecule has 0 N–H and O–H groups in total. The highest BCUT2D eigenvalue weighted by Gasteiger charge is 2.39. The van der Waals surface area contributed by atoms with Gasteiger partial charge >= 0.3 is 0 Å². The van der Waals surface area contributed by atoms with Gasteiger partial charge in [-0.3, -0.25) is 0 Å². The average Bonchev–Trinajstić information content (AvgIpc) is 2.14. The minimum absolute atomic E-state index is 0.0369. The van der Waals surface area contributed by atoms with Crippen LogP contribution >= 0.6 is 0 Å². The van der Waals surface area contributed by atoms with Crippen LogP contribution in [0.4, 0.5) is 0 Å². The molecule has 0 aromatic heterocycles. The molecule has 82 valence electrons. The highest BCUT2D eigenvalue weighted by molar-refractivity contribution is 5.35. The molecule has 0 spiro atoms. The van der Waals surface area contributed by atoms with Crippen molar-refractivity contribution >= 4 is 12.2 Å². The minimum atomic E-state index is -0.326. The first-order valence-electron chi connectivity index (χ1n) is 5.16. The van der Waals surface area contributed by atoms with Crippen molar-refractivity contribution in [1.82, 2.24) is 0 Å². The number of aliphatic imine (C=N–C) groups is 2. The largest absolute Gasteiger partial charge is 0.235 e. The second kappa shape index (κ2) is 4.52. The van der Waals surface area contributed by atoms with Crippen LogP contribution in [-0.2, 0) is 9.59 Å². The van der Waals surface area contributed by atoms with E-state index in [0.29, 0.717) is 6.54 Å². The molecular formula is C11H16N2O2. The molecule has 1 saturated carbocycles. The summed E-state index contributed by atoms with van der Waals surface area (Å²) in [5.41, 5.74) is -0.363. The molecule has 1 rings (SSSR count). The topological polar surface area (TPSA) is 58.9 Å². The number of carbonyl (C=O) groups excluding carboxylic acids is 2. The Morgan fingerprint density at radius 2 is 1.93 bits per heavy atom. The maximum atomic E-state index is 10.3. The zero-order valence-corrected chi connectivity index (χ0v) is 9.25. The molecule has 0 saturated heterocycles. The quantitative estimate of drug-likeness (QED) is 0.526. The van der Waals surface area contributed by atoms with Crippen LogP contribution < -0.4 is 0 Å². The van der Waals surface area contributed by atoms with Gasteiger partial charge in [-0.05, 0) is 31.6 Å². The molecule has 0 aromatic rings. The summed E-state index contributed by atoms with van der Waals surface area (Å²) < 4.78 is 0. The van der Waals surface area contributed by atoms with Crippen molar-refractivity contribution in [3.8, 4) is 0 Å². The van der Waals surface area contributed by atoms with E-state index < -0.39 is 0 Å². The summed E-state index contributed by atoms with van der Waals surface area (Å²) in [6, 6.07) is 0. The Labute approximate surface area is 89.5 Å². The summed E-state index contributed by atoms with van der Waals surface area (Å²) in [4.78, 5) is 27.9. The number of rotatable bonds is 3. The molecule has 0 aromatic carbocycles. The van der Waals surface area contributed by atoms with Gasteiger partial charge in [-0.25, -0.2) is 14.6 Å². The maximum Gasteiger partial charge on any atom is 0.235 e. The third-order valence-electron chi connectivity index (χ3n) is 3.14. The Bertz CT molecular complexity index is 329. The lowest BCUT2D eigenvalue weighted by Gasteiger charge is -2.40. The Hall–Kier alpha value is -1.24. The van der Waals surface area contributed by atoms with Crippen LogP contribution in [0.15, 0.2) is 9.98 Å². The van der Waals surface area contributed by atoms with E-state index in [1.54, 1.807) is 12.2 Å². The normalized spacial score (nSPS) is 35.1. The van der Waals surface area contributed by atoms with Gasteiger partial charge in [-0.1, -0.05) is 13.3 Å². The second-order valence-electron chi connectivity index (χ2n) is 4.95. The van der Waals surface area contributed by atoms with E-state index in [0.717, 1.165) is 25.7 Å². The molecule has 2 atom stereocenters. The average molecular weight is 208 g/mol. The van der Waals surface area contributed by atoms with Crippen molar-refractivity contribution in [1.29, 1.82) is 0 Å². The predicted molar refractivity (Wildman–Crippen MR) is 56.1 cm³/mol. The third-order valence-corrected chi connectivity index (χ3v) is 3.14. The minimum Gasteiger partial charge on any atom is -0.211 e. The standard InChI is InChI=1S/C11H16N2O2/c1-10(7-12-8-14)4-3-5-11(2,6-10)13-9-15/h3-7H2,1-2H3. The fourth-order valence-corrected chi connectivity index (χ4v) is 2.56.